The van der Waals surface area contributed by atoms with Crippen LogP contribution in [0.5, 0.6) is 0 Å². The standard InChI is InChI=1S/C14H23N3O/c1-11(18)12-6-7-15-14(9-12)17-8-4-5-13(10-17)16(2)3/h6-7,9,11,13,18H,4-5,8,10H2,1-3H3. The van der Waals surface area contributed by atoms with Gasteiger partial charge in [0.05, 0.1) is 6.10 Å². The molecule has 1 aromatic heterocycles. The van der Waals surface area contributed by atoms with Crippen LogP contribution in [0.2, 0.25) is 0 Å². The molecule has 0 radical (unpaired) electrons. The van der Waals surface area contributed by atoms with Crippen LogP contribution in [0.3, 0.4) is 0 Å². The Balaban J connectivity index is 2.13. The summed E-state index contributed by atoms with van der Waals surface area (Å²) in [5, 5.41) is 9.63. The van der Waals surface area contributed by atoms with E-state index in [1.165, 1.54) is 12.8 Å². The van der Waals surface area contributed by atoms with E-state index in [2.05, 4.69) is 28.9 Å². The molecule has 0 aromatic carbocycles. The summed E-state index contributed by atoms with van der Waals surface area (Å²) < 4.78 is 0. The van der Waals surface area contributed by atoms with E-state index in [1.54, 1.807) is 13.1 Å². The van der Waals surface area contributed by atoms with Crippen LogP contribution in [0, 0.1) is 0 Å². The van der Waals surface area contributed by atoms with Gasteiger partial charge in [-0.2, -0.15) is 0 Å². The highest BCUT2D eigenvalue weighted by atomic mass is 16.3. The topological polar surface area (TPSA) is 39.6 Å². The zero-order valence-electron chi connectivity index (χ0n) is 11.5. The lowest BCUT2D eigenvalue weighted by atomic mass is 10.0. The molecule has 0 aliphatic carbocycles. The molecular formula is C14H23N3O. The average Bonchev–Trinajstić information content (AvgIpc) is 2.39. The second kappa shape index (κ2) is 5.67. The van der Waals surface area contributed by atoms with Gasteiger partial charge in [-0.3, -0.25) is 0 Å². The Morgan fingerprint density at radius 1 is 1.50 bits per heavy atom. The molecule has 1 aliphatic heterocycles. The quantitative estimate of drug-likeness (QED) is 0.884. The molecule has 2 atom stereocenters. The fraction of sp³-hybridized carbons (Fsp3) is 0.643. The van der Waals surface area contributed by atoms with Gasteiger partial charge in [0.2, 0.25) is 0 Å². The van der Waals surface area contributed by atoms with Crippen LogP contribution in [-0.4, -0.2) is 48.2 Å². The van der Waals surface area contributed by atoms with Gasteiger partial charge < -0.3 is 14.9 Å². The van der Waals surface area contributed by atoms with Gasteiger partial charge in [0, 0.05) is 25.3 Å². The Hall–Kier alpha value is -1.13. The summed E-state index contributed by atoms with van der Waals surface area (Å²) >= 11 is 0. The molecule has 4 heteroatoms. The molecule has 1 aliphatic rings. The van der Waals surface area contributed by atoms with E-state index < -0.39 is 6.10 Å². The second-order valence-corrected chi connectivity index (χ2v) is 5.33. The number of aromatic nitrogens is 1. The van der Waals surface area contributed by atoms with Crippen molar-refractivity contribution in [3.63, 3.8) is 0 Å². The van der Waals surface area contributed by atoms with Gasteiger partial charge in [0.1, 0.15) is 5.82 Å². The second-order valence-electron chi connectivity index (χ2n) is 5.33. The maximum atomic E-state index is 9.63. The zero-order valence-corrected chi connectivity index (χ0v) is 11.5. The summed E-state index contributed by atoms with van der Waals surface area (Å²) in [6, 6.07) is 4.47. The Morgan fingerprint density at radius 2 is 2.28 bits per heavy atom. The highest BCUT2D eigenvalue weighted by molar-refractivity contribution is 5.42. The van der Waals surface area contributed by atoms with Crippen molar-refractivity contribution in [2.24, 2.45) is 0 Å². The van der Waals surface area contributed by atoms with Gasteiger partial charge in [-0.05, 0) is 51.6 Å². The first-order chi connectivity index (χ1) is 8.58. The van der Waals surface area contributed by atoms with Crippen LogP contribution < -0.4 is 4.90 Å². The normalized spacial score (nSPS) is 22.3. The zero-order chi connectivity index (χ0) is 13.1. The fourth-order valence-electron chi connectivity index (χ4n) is 2.45. The number of rotatable bonds is 3. The summed E-state index contributed by atoms with van der Waals surface area (Å²) in [4.78, 5) is 9.04. The number of hydrogen-bond acceptors (Lipinski definition) is 4. The lowest BCUT2D eigenvalue weighted by Crippen LogP contribution is -2.45. The fourth-order valence-corrected chi connectivity index (χ4v) is 2.45. The number of hydrogen-bond donors (Lipinski definition) is 1. The monoisotopic (exact) mass is 249 g/mol. The number of anilines is 1. The van der Waals surface area contributed by atoms with Gasteiger partial charge in [0.15, 0.2) is 0 Å². The van der Waals surface area contributed by atoms with Gasteiger partial charge in [-0.1, -0.05) is 0 Å². The van der Waals surface area contributed by atoms with Crippen molar-refractivity contribution >= 4 is 5.82 Å². The smallest absolute Gasteiger partial charge is 0.128 e. The van der Waals surface area contributed by atoms with Crippen molar-refractivity contribution in [1.82, 2.24) is 9.88 Å². The minimum atomic E-state index is -0.429. The molecule has 4 nitrogen and oxygen atoms in total. The van der Waals surface area contributed by atoms with E-state index in [0.29, 0.717) is 6.04 Å². The Bertz CT molecular complexity index is 392. The van der Waals surface area contributed by atoms with Crippen LogP contribution in [0.15, 0.2) is 18.3 Å². The van der Waals surface area contributed by atoms with Crippen molar-refractivity contribution in [3.8, 4) is 0 Å². The van der Waals surface area contributed by atoms with Crippen LogP contribution in [-0.2, 0) is 0 Å². The molecule has 0 amide bonds. The molecule has 0 spiro atoms. The third kappa shape index (κ3) is 3.00. The lowest BCUT2D eigenvalue weighted by molar-refractivity contribution is 0.199. The van der Waals surface area contributed by atoms with Gasteiger partial charge >= 0.3 is 0 Å². The summed E-state index contributed by atoms with van der Waals surface area (Å²) in [5.41, 5.74) is 0.937. The molecule has 0 bridgehead atoms. The summed E-state index contributed by atoms with van der Waals surface area (Å²) in [5.74, 6) is 0.986. The molecule has 0 saturated carbocycles. The molecule has 1 fully saturated rings. The molecule has 2 heterocycles. The highest BCUT2D eigenvalue weighted by Gasteiger charge is 2.22. The van der Waals surface area contributed by atoms with E-state index >= 15 is 0 Å². The number of piperidine rings is 1. The SMILES string of the molecule is CC(O)c1ccnc(N2CCCC(N(C)C)C2)c1. The summed E-state index contributed by atoms with van der Waals surface area (Å²) in [6.45, 7) is 3.86. The third-order valence-electron chi connectivity index (χ3n) is 3.70. The van der Waals surface area contributed by atoms with Crippen LogP contribution >= 0.6 is 0 Å². The molecule has 2 unspecified atom stereocenters. The first-order valence-electron chi connectivity index (χ1n) is 6.63. The Kier molecular flexibility index (Phi) is 4.19. The number of likely N-dealkylation sites (N-methyl/N-ethyl adjacent to an activating group) is 1. The average molecular weight is 249 g/mol. The van der Waals surface area contributed by atoms with Crippen LogP contribution in [0.1, 0.15) is 31.4 Å². The number of aliphatic hydroxyl groups excluding tert-OH is 1. The first kappa shape index (κ1) is 13.3. The van der Waals surface area contributed by atoms with Crippen LogP contribution in [0.25, 0.3) is 0 Å². The maximum Gasteiger partial charge on any atom is 0.128 e. The molecule has 18 heavy (non-hydrogen) atoms. The largest absolute Gasteiger partial charge is 0.389 e. The van der Waals surface area contributed by atoms with E-state index in [9.17, 15) is 5.11 Å². The molecule has 1 aromatic rings. The first-order valence-corrected chi connectivity index (χ1v) is 6.63. The maximum absolute atomic E-state index is 9.63. The van der Waals surface area contributed by atoms with E-state index in [1.807, 2.05) is 12.1 Å². The minimum Gasteiger partial charge on any atom is -0.389 e. The van der Waals surface area contributed by atoms with Crippen molar-refractivity contribution in [2.75, 3.05) is 32.1 Å². The molecule has 100 valence electrons. The van der Waals surface area contributed by atoms with Gasteiger partial charge in [-0.25, -0.2) is 4.98 Å². The molecule has 2 rings (SSSR count). The van der Waals surface area contributed by atoms with Crippen molar-refractivity contribution in [2.45, 2.75) is 31.9 Å². The summed E-state index contributed by atoms with van der Waals surface area (Å²) in [6.07, 6.45) is 3.81. The lowest BCUT2D eigenvalue weighted by Gasteiger charge is -2.37. The van der Waals surface area contributed by atoms with Crippen molar-refractivity contribution in [3.05, 3.63) is 23.9 Å². The molecule has 1 saturated heterocycles. The van der Waals surface area contributed by atoms with Crippen molar-refractivity contribution in [1.29, 1.82) is 0 Å². The predicted octanol–water partition coefficient (Wildman–Crippen LogP) is 1.67. The van der Waals surface area contributed by atoms with Gasteiger partial charge in [-0.15, -0.1) is 0 Å². The number of nitrogens with zero attached hydrogens (tertiary/aromatic N) is 3. The van der Waals surface area contributed by atoms with E-state index in [4.69, 9.17) is 0 Å². The predicted molar refractivity (Wildman–Crippen MR) is 73.8 cm³/mol. The van der Waals surface area contributed by atoms with Crippen LogP contribution in [0.4, 0.5) is 5.82 Å². The van der Waals surface area contributed by atoms with E-state index in [0.717, 1.165) is 24.5 Å². The Labute approximate surface area is 109 Å². The molecule has 1 N–H and O–H groups in total. The summed E-state index contributed by atoms with van der Waals surface area (Å²) in [7, 11) is 4.27. The Morgan fingerprint density at radius 3 is 2.94 bits per heavy atom. The van der Waals surface area contributed by atoms with E-state index in [-0.39, 0.29) is 0 Å². The minimum absolute atomic E-state index is 0.429. The third-order valence-corrected chi connectivity index (χ3v) is 3.70. The number of pyridine rings is 1. The van der Waals surface area contributed by atoms with Gasteiger partial charge in [0.25, 0.3) is 0 Å². The highest BCUT2D eigenvalue weighted by Crippen LogP contribution is 2.22. The number of aliphatic hydroxyl groups is 1. The van der Waals surface area contributed by atoms with Crippen molar-refractivity contribution < 1.29 is 5.11 Å². The molecular weight excluding hydrogens is 226 g/mol.